The third-order valence-electron chi connectivity index (χ3n) is 2.79. The first-order chi connectivity index (χ1) is 9.57. The Labute approximate surface area is 125 Å². The highest BCUT2D eigenvalue weighted by molar-refractivity contribution is 8.20. The molecule has 0 amide bonds. The Balaban J connectivity index is 1.70. The van der Waals surface area contributed by atoms with Crippen LogP contribution in [0.2, 0.25) is 0 Å². The van der Waals surface area contributed by atoms with E-state index >= 15 is 0 Å². The predicted molar refractivity (Wildman–Crippen MR) is 75.2 cm³/mol. The summed E-state index contributed by atoms with van der Waals surface area (Å²) in [5, 5.41) is 0. The van der Waals surface area contributed by atoms with Crippen molar-refractivity contribution in [1.29, 1.82) is 0 Å². The minimum absolute atomic E-state index is 0.0374. The third kappa shape index (κ3) is 5.80. The van der Waals surface area contributed by atoms with Gasteiger partial charge in [-0.1, -0.05) is 0 Å². The van der Waals surface area contributed by atoms with Crippen LogP contribution < -0.4 is 0 Å². The Hall–Kier alpha value is 0.330. The Bertz CT molecular complexity index is 427. The van der Waals surface area contributed by atoms with Crippen LogP contribution in [0.15, 0.2) is 0 Å². The molecule has 0 radical (unpaired) electrons. The molecule has 0 spiro atoms. The lowest BCUT2D eigenvalue weighted by molar-refractivity contribution is 0.0997. The maximum Gasteiger partial charge on any atom is 0.400 e. The topological polar surface area (TPSA) is 152 Å². The zero-order valence-corrected chi connectivity index (χ0v) is 13.3. The van der Waals surface area contributed by atoms with Gasteiger partial charge < -0.3 is 18.2 Å². The molecule has 2 unspecified atom stereocenters. The van der Waals surface area contributed by atoms with Crippen LogP contribution in [0.3, 0.4) is 0 Å². The van der Waals surface area contributed by atoms with Gasteiger partial charge in [0.25, 0.3) is 0 Å². The molecule has 0 aromatic heterocycles. The molecule has 2 fully saturated rings. The maximum atomic E-state index is 11.5. The molecule has 13 heteroatoms. The highest BCUT2D eigenvalue weighted by Gasteiger charge is 2.35. The summed E-state index contributed by atoms with van der Waals surface area (Å²) in [5.74, 6) is 0.0748. The molecule has 21 heavy (non-hydrogen) atoms. The molecule has 2 atom stereocenters. The summed E-state index contributed by atoms with van der Waals surface area (Å²) < 4.78 is 78.5. The quantitative estimate of drug-likeness (QED) is 0.536. The largest absolute Gasteiger partial charge is 0.400 e. The van der Waals surface area contributed by atoms with Gasteiger partial charge in [0.1, 0.15) is 12.2 Å². The van der Waals surface area contributed by atoms with E-state index in [4.69, 9.17) is 8.37 Å². The van der Waals surface area contributed by atoms with Gasteiger partial charge in [-0.25, -0.2) is 8.37 Å². The fourth-order valence-corrected chi connectivity index (χ4v) is 4.99. The molecule has 10 nitrogen and oxygen atoms in total. The Morgan fingerprint density at radius 2 is 1.29 bits per heavy atom. The SMILES string of the molecule is O=S(=O)(OCC1CCS(O)(O)O1)OCC1CCS(O)(O)O1. The highest BCUT2D eigenvalue weighted by Crippen LogP contribution is 2.49. The normalized spacial score (nSPS) is 34.7. The molecule has 0 aromatic rings. The standard InChI is InChI=1S/C8H18O10S3/c9-19(10)3-1-7(17-19)5-15-21(13,14)16-6-8-2-4-20(11,12)18-8/h7-12H,1-6H2. The van der Waals surface area contributed by atoms with E-state index in [1.165, 1.54) is 0 Å². The van der Waals surface area contributed by atoms with Gasteiger partial charge in [-0.05, 0) is 12.8 Å². The molecule has 2 heterocycles. The van der Waals surface area contributed by atoms with Gasteiger partial charge in [-0.15, -0.1) is 0 Å². The zero-order chi connectivity index (χ0) is 15.7. The van der Waals surface area contributed by atoms with E-state index in [1.54, 1.807) is 0 Å². The minimum atomic E-state index is -4.30. The van der Waals surface area contributed by atoms with Gasteiger partial charge in [-0.2, -0.15) is 8.42 Å². The second-order valence-corrected chi connectivity index (χ2v) is 9.53. The molecule has 2 saturated heterocycles. The van der Waals surface area contributed by atoms with Crippen LogP contribution in [0, 0.1) is 0 Å². The van der Waals surface area contributed by atoms with Gasteiger partial charge in [-0.3, -0.25) is 8.37 Å². The van der Waals surface area contributed by atoms with Crippen molar-refractivity contribution in [3.63, 3.8) is 0 Å². The van der Waals surface area contributed by atoms with Gasteiger partial charge in [0.2, 0.25) is 0 Å². The molecule has 2 aliphatic heterocycles. The summed E-state index contributed by atoms with van der Waals surface area (Å²) in [6, 6.07) is 0. The molecule has 2 aliphatic rings. The van der Waals surface area contributed by atoms with E-state index in [0.29, 0.717) is 0 Å². The van der Waals surface area contributed by atoms with Crippen molar-refractivity contribution in [2.24, 2.45) is 0 Å². The highest BCUT2D eigenvalue weighted by atomic mass is 32.3. The number of hydrogen-bond donors (Lipinski definition) is 4. The second-order valence-electron chi connectivity index (χ2n) is 4.61. The van der Waals surface area contributed by atoms with Crippen molar-refractivity contribution < 1.29 is 43.4 Å². The fraction of sp³-hybridized carbons (Fsp3) is 1.00. The Morgan fingerprint density at radius 1 is 0.905 bits per heavy atom. The molecule has 0 aromatic carbocycles. The van der Waals surface area contributed by atoms with E-state index in [9.17, 15) is 26.6 Å². The van der Waals surface area contributed by atoms with Crippen LogP contribution in [0.5, 0.6) is 0 Å². The summed E-state index contributed by atoms with van der Waals surface area (Å²) in [6.45, 7) is -0.780. The Kier molecular flexibility index (Phi) is 5.43. The van der Waals surface area contributed by atoms with E-state index < -0.39 is 44.3 Å². The van der Waals surface area contributed by atoms with Crippen molar-refractivity contribution in [1.82, 2.24) is 0 Å². The Morgan fingerprint density at radius 3 is 1.57 bits per heavy atom. The van der Waals surface area contributed by atoms with Crippen molar-refractivity contribution >= 4 is 32.1 Å². The van der Waals surface area contributed by atoms with Gasteiger partial charge >= 0.3 is 10.4 Å². The number of hydrogen-bond acceptors (Lipinski definition) is 10. The predicted octanol–water partition coefficient (Wildman–Crippen LogP) is 1.17. The molecule has 0 saturated carbocycles. The van der Waals surface area contributed by atoms with E-state index in [1.807, 2.05) is 0 Å². The van der Waals surface area contributed by atoms with Crippen LogP contribution in [-0.4, -0.2) is 63.6 Å². The van der Waals surface area contributed by atoms with E-state index in [-0.39, 0.29) is 37.6 Å². The van der Waals surface area contributed by atoms with Gasteiger partial charge in [0.05, 0.1) is 35.0 Å². The van der Waals surface area contributed by atoms with Crippen LogP contribution >= 0.6 is 21.7 Å². The van der Waals surface area contributed by atoms with Crippen LogP contribution in [0.4, 0.5) is 0 Å². The van der Waals surface area contributed by atoms with E-state index in [2.05, 4.69) is 8.37 Å². The zero-order valence-electron chi connectivity index (χ0n) is 10.9. The number of rotatable bonds is 6. The summed E-state index contributed by atoms with van der Waals surface area (Å²) in [6.07, 6.45) is -0.930. The van der Waals surface area contributed by atoms with Gasteiger partial charge in [0, 0.05) is 11.5 Å². The second kappa shape index (κ2) is 6.45. The maximum absolute atomic E-state index is 11.5. The molecular formula is C8H18O10S3. The summed E-state index contributed by atoms with van der Waals surface area (Å²) in [7, 11) is -10.5. The first-order valence-electron chi connectivity index (χ1n) is 5.99. The fourth-order valence-electron chi connectivity index (χ4n) is 1.77. The van der Waals surface area contributed by atoms with Gasteiger partial charge in [0.15, 0.2) is 0 Å². The van der Waals surface area contributed by atoms with Crippen LogP contribution in [-0.2, 0) is 27.1 Å². The van der Waals surface area contributed by atoms with Crippen LogP contribution in [0.25, 0.3) is 0 Å². The van der Waals surface area contributed by atoms with Crippen molar-refractivity contribution in [3.8, 4) is 0 Å². The summed E-state index contributed by atoms with van der Waals surface area (Å²) >= 11 is 0. The lowest BCUT2D eigenvalue weighted by atomic mass is 10.3. The van der Waals surface area contributed by atoms with Crippen molar-refractivity contribution in [2.75, 3.05) is 24.7 Å². The van der Waals surface area contributed by atoms with Crippen LogP contribution in [0.1, 0.15) is 12.8 Å². The molecular weight excluding hydrogens is 352 g/mol. The average molecular weight is 370 g/mol. The first kappa shape index (κ1) is 17.7. The average Bonchev–Trinajstić information content (AvgIpc) is 2.87. The molecule has 4 N–H and O–H groups in total. The smallest absolute Gasteiger partial charge is 0.308 e. The summed E-state index contributed by atoms with van der Waals surface area (Å²) in [5.41, 5.74) is 0. The minimum Gasteiger partial charge on any atom is -0.308 e. The molecule has 0 bridgehead atoms. The van der Waals surface area contributed by atoms with Crippen molar-refractivity contribution in [2.45, 2.75) is 25.0 Å². The summed E-state index contributed by atoms with van der Waals surface area (Å²) in [4.78, 5) is 0. The molecule has 0 aliphatic carbocycles. The first-order valence-corrected chi connectivity index (χ1v) is 10.6. The van der Waals surface area contributed by atoms with E-state index in [0.717, 1.165) is 0 Å². The van der Waals surface area contributed by atoms with Crippen molar-refractivity contribution in [3.05, 3.63) is 0 Å². The lowest BCUT2D eigenvalue weighted by Gasteiger charge is -2.20. The molecule has 2 rings (SSSR count). The third-order valence-corrected chi connectivity index (χ3v) is 6.33. The monoisotopic (exact) mass is 370 g/mol. The lowest BCUT2D eigenvalue weighted by Crippen LogP contribution is -2.23. The molecule has 128 valence electrons.